The number of hydrogen-bond donors (Lipinski definition) is 3. The number of anilines is 2. The van der Waals surface area contributed by atoms with Crippen molar-refractivity contribution in [2.75, 3.05) is 10.6 Å². The quantitative estimate of drug-likeness (QED) is 0.791. The summed E-state index contributed by atoms with van der Waals surface area (Å²) in [6.45, 7) is 9.41. The van der Waals surface area contributed by atoms with E-state index >= 15 is 0 Å². The van der Waals surface area contributed by atoms with E-state index in [-0.39, 0.29) is 18.0 Å². The van der Waals surface area contributed by atoms with Gasteiger partial charge in [-0.05, 0) is 37.5 Å². The topological polar surface area (TPSA) is 70.2 Å². The Morgan fingerprint density at radius 2 is 1.75 bits per heavy atom. The van der Waals surface area contributed by atoms with Crippen LogP contribution in [-0.4, -0.2) is 18.0 Å². The van der Waals surface area contributed by atoms with Gasteiger partial charge in [-0.25, -0.2) is 4.79 Å². The summed E-state index contributed by atoms with van der Waals surface area (Å²) in [4.78, 5) is 22.9. The zero-order valence-corrected chi connectivity index (χ0v) is 12.7. The van der Waals surface area contributed by atoms with Crippen molar-refractivity contribution in [1.82, 2.24) is 5.32 Å². The fourth-order valence-electron chi connectivity index (χ4n) is 1.56. The number of carbonyl (C=O) groups excluding carboxylic acids is 2. The van der Waals surface area contributed by atoms with Gasteiger partial charge >= 0.3 is 6.03 Å². The number of urea groups is 1. The molecular weight excluding hydrogens is 254 g/mol. The van der Waals surface area contributed by atoms with E-state index in [1.54, 1.807) is 12.1 Å². The van der Waals surface area contributed by atoms with E-state index in [9.17, 15) is 9.59 Å². The lowest BCUT2D eigenvalue weighted by molar-refractivity contribution is -0.114. The maximum absolute atomic E-state index is 11.8. The standard InChI is InChI=1S/C15H23N3O2/c1-9(2)11(4)16-15(20)18-13-7-6-10(3)14(8-13)17-12(5)19/h6-9,11H,1-5H3,(H,17,19)(H2,16,18,20)/t11-/m1/s1. The van der Waals surface area contributed by atoms with Crippen LogP contribution in [0.5, 0.6) is 0 Å². The number of aryl methyl sites for hydroxylation is 1. The summed E-state index contributed by atoms with van der Waals surface area (Å²) in [7, 11) is 0. The van der Waals surface area contributed by atoms with E-state index in [2.05, 4.69) is 16.0 Å². The van der Waals surface area contributed by atoms with Gasteiger partial charge in [-0.1, -0.05) is 19.9 Å². The highest BCUT2D eigenvalue weighted by Crippen LogP contribution is 2.20. The molecule has 0 fully saturated rings. The first-order chi connectivity index (χ1) is 9.29. The van der Waals surface area contributed by atoms with Gasteiger partial charge in [-0.3, -0.25) is 4.79 Å². The van der Waals surface area contributed by atoms with Crippen LogP contribution in [0, 0.1) is 12.8 Å². The molecule has 3 N–H and O–H groups in total. The molecule has 0 saturated heterocycles. The van der Waals surface area contributed by atoms with Gasteiger partial charge < -0.3 is 16.0 Å². The number of amides is 3. The summed E-state index contributed by atoms with van der Waals surface area (Å²) in [6.07, 6.45) is 0. The number of benzene rings is 1. The molecule has 0 aliphatic carbocycles. The average molecular weight is 277 g/mol. The van der Waals surface area contributed by atoms with E-state index in [4.69, 9.17) is 0 Å². The van der Waals surface area contributed by atoms with E-state index in [1.807, 2.05) is 33.8 Å². The van der Waals surface area contributed by atoms with Gasteiger partial charge in [-0.15, -0.1) is 0 Å². The monoisotopic (exact) mass is 277 g/mol. The number of nitrogens with one attached hydrogen (secondary N) is 3. The van der Waals surface area contributed by atoms with Crippen LogP contribution in [0.4, 0.5) is 16.2 Å². The van der Waals surface area contributed by atoms with Crippen molar-refractivity contribution < 1.29 is 9.59 Å². The van der Waals surface area contributed by atoms with E-state index in [0.29, 0.717) is 17.3 Å². The van der Waals surface area contributed by atoms with Gasteiger partial charge in [0.25, 0.3) is 0 Å². The van der Waals surface area contributed by atoms with Gasteiger partial charge in [-0.2, -0.15) is 0 Å². The second-order valence-corrected chi connectivity index (χ2v) is 5.34. The van der Waals surface area contributed by atoms with Crippen LogP contribution in [0.25, 0.3) is 0 Å². The Morgan fingerprint density at radius 1 is 1.10 bits per heavy atom. The maximum Gasteiger partial charge on any atom is 0.319 e. The molecular formula is C15H23N3O2. The van der Waals surface area contributed by atoms with Crippen LogP contribution in [-0.2, 0) is 4.79 Å². The van der Waals surface area contributed by atoms with Crippen LogP contribution in [0.3, 0.4) is 0 Å². The second kappa shape index (κ2) is 6.93. The molecule has 0 bridgehead atoms. The molecule has 0 heterocycles. The molecule has 1 rings (SSSR count). The van der Waals surface area contributed by atoms with Gasteiger partial charge in [0.15, 0.2) is 0 Å². The van der Waals surface area contributed by atoms with Crippen molar-refractivity contribution in [1.29, 1.82) is 0 Å². The molecule has 0 aromatic heterocycles. The number of rotatable bonds is 4. The van der Waals surface area contributed by atoms with Crippen molar-refractivity contribution in [3.63, 3.8) is 0 Å². The fraction of sp³-hybridized carbons (Fsp3) is 0.467. The predicted octanol–water partition coefficient (Wildman–Crippen LogP) is 3.12. The zero-order valence-electron chi connectivity index (χ0n) is 12.7. The Labute approximate surface area is 120 Å². The predicted molar refractivity (Wildman–Crippen MR) is 81.9 cm³/mol. The third-order valence-electron chi connectivity index (χ3n) is 3.16. The van der Waals surface area contributed by atoms with E-state index in [0.717, 1.165) is 5.56 Å². The van der Waals surface area contributed by atoms with Gasteiger partial charge in [0.2, 0.25) is 5.91 Å². The lowest BCUT2D eigenvalue weighted by atomic mass is 10.1. The summed E-state index contributed by atoms with van der Waals surface area (Å²) >= 11 is 0. The van der Waals surface area contributed by atoms with Crippen LogP contribution in [0.15, 0.2) is 18.2 Å². The summed E-state index contributed by atoms with van der Waals surface area (Å²) in [5, 5.41) is 8.37. The summed E-state index contributed by atoms with van der Waals surface area (Å²) in [5.74, 6) is 0.233. The Balaban J connectivity index is 2.73. The summed E-state index contributed by atoms with van der Waals surface area (Å²) in [6, 6.07) is 5.25. The molecule has 0 saturated carbocycles. The molecule has 0 aliphatic heterocycles. The number of hydrogen-bond acceptors (Lipinski definition) is 2. The molecule has 0 aliphatic rings. The Morgan fingerprint density at radius 3 is 2.30 bits per heavy atom. The molecule has 110 valence electrons. The van der Waals surface area contributed by atoms with Crippen LogP contribution in [0.2, 0.25) is 0 Å². The minimum Gasteiger partial charge on any atom is -0.335 e. The van der Waals surface area contributed by atoms with E-state index < -0.39 is 0 Å². The lowest BCUT2D eigenvalue weighted by Gasteiger charge is -2.18. The normalized spacial score (nSPS) is 11.9. The molecule has 0 radical (unpaired) electrons. The second-order valence-electron chi connectivity index (χ2n) is 5.34. The highest BCUT2D eigenvalue weighted by Gasteiger charge is 2.11. The first kappa shape index (κ1) is 16.0. The smallest absolute Gasteiger partial charge is 0.319 e. The fourth-order valence-corrected chi connectivity index (χ4v) is 1.56. The van der Waals surface area contributed by atoms with Crippen molar-refractivity contribution >= 4 is 23.3 Å². The third kappa shape index (κ3) is 4.91. The Kier molecular flexibility index (Phi) is 5.55. The first-order valence-corrected chi connectivity index (χ1v) is 6.75. The van der Waals surface area contributed by atoms with Gasteiger partial charge in [0.05, 0.1) is 0 Å². The van der Waals surface area contributed by atoms with E-state index in [1.165, 1.54) is 6.92 Å². The van der Waals surface area contributed by atoms with Crippen LogP contribution < -0.4 is 16.0 Å². The Bertz CT molecular complexity index is 498. The summed E-state index contributed by atoms with van der Waals surface area (Å²) < 4.78 is 0. The Hall–Kier alpha value is -2.04. The summed E-state index contributed by atoms with van der Waals surface area (Å²) in [5.41, 5.74) is 2.29. The highest BCUT2D eigenvalue weighted by atomic mass is 16.2. The lowest BCUT2D eigenvalue weighted by Crippen LogP contribution is -2.39. The van der Waals surface area contributed by atoms with Crippen LogP contribution in [0.1, 0.15) is 33.3 Å². The minimum absolute atomic E-state index is 0.0928. The minimum atomic E-state index is -0.246. The van der Waals surface area contributed by atoms with Crippen molar-refractivity contribution in [3.8, 4) is 0 Å². The van der Waals surface area contributed by atoms with Crippen LogP contribution >= 0.6 is 0 Å². The van der Waals surface area contributed by atoms with Crippen molar-refractivity contribution in [2.24, 2.45) is 5.92 Å². The molecule has 20 heavy (non-hydrogen) atoms. The van der Waals surface area contributed by atoms with Gasteiger partial charge in [0, 0.05) is 24.3 Å². The molecule has 0 spiro atoms. The molecule has 1 aromatic carbocycles. The largest absolute Gasteiger partial charge is 0.335 e. The highest BCUT2D eigenvalue weighted by molar-refractivity contribution is 5.93. The maximum atomic E-state index is 11.8. The molecule has 0 unspecified atom stereocenters. The molecule has 1 aromatic rings. The molecule has 5 nitrogen and oxygen atoms in total. The number of carbonyl (C=O) groups is 2. The van der Waals surface area contributed by atoms with Crippen molar-refractivity contribution in [2.45, 2.75) is 40.7 Å². The molecule has 1 atom stereocenters. The average Bonchev–Trinajstić information content (AvgIpc) is 2.32. The van der Waals surface area contributed by atoms with Crippen molar-refractivity contribution in [3.05, 3.63) is 23.8 Å². The van der Waals surface area contributed by atoms with Gasteiger partial charge in [0.1, 0.15) is 0 Å². The zero-order chi connectivity index (χ0) is 15.3. The first-order valence-electron chi connectivity index (χ1n) is 6.75. The molecule has 5 heteroatoms. The third-order valence-corrected chi connectivity index (χ3v) is 3.16. The SMILES string of the molecule is CC(=O)Nc1cc(NC(=O)N[C@H](C)C(C)C)ccc1C. The molecule has 3 amide bonds.